The van der Waals surface area contributed by atoms with Gasteiger partial charge in [-0.25, -0.2) is 4.68 Å². The molecule has 128 valence electrons. The molecule has 4 aromatic rings. The van der Waals surface area contributed by atoms with Gasteiger partial charge in [0.05, 0.1) is 11.9 Å². The van der Waals surface area contributed by atoms with Gasteiger partial charge in [0.1, 0.15) is 5.54 Å². The summed E-state index contributed by atoms with van der Waals surface area (Å²) in [5, 5.41) is 8.82. The summed E-state index contributed by atoms with van der Waals surface area (Å²) in [5.74, 6) is 0.550. The zero-order valence-electron chi connectivity index (χ0n) is 14.2. The first-order chi connectivity index (χ1) is 12.9. The average molecular weight is 357 g/mol. The molecule has 3 aromatic carbocycles. The van der Waals surface area contributed by atoms with Crippen LogP contribution in [-0.2, 0) is 11.3 Å². The molecule has 0 aliphatic rings. The van der Waals surface area contributed by atoms with E-state index in [2.05, 4.69) is 95.7 Å². The van der Waals surface area contributed by atoms with Crippen molar-refractivity contribution in [1.29, 1.82) is 0 Å². The van der Waals surface area contributed by atoms with Gasteiger partial charge in [-0.05, 0) is 16.7 Å². The lowest BCUT2D eigenvalue weighted by atomic mass is 9.77. The molecule has 4 rings (SSSR count). The number of hydrogen-bond acceptors (Lipinski definition) is 3. The Morgan fingerprint density at radius 1 is 0.692 bits per heavy atom. The number of nitrogens with zero attached hydrogens (tertiary/aromatic N) is 3. The van der Waals surface area contributed by atoms with Gasteiger partial charge in [0.25, 0.3) is 0 Å². The minimum Gasteiger partial charge on any atom is -0.233 e. The van der Waals surface area contributed by atoms with Crippen LogP contribution in [0.1, 0.15) is 22.4 Å². The highest BCUT2D eigenvalue weighted by atomic mass is 32.1. The van der Waals surface area contributed by atoms with Crippen LogP contribution < -0.4 is 0 Å². The summed E-state index contributed by atoms with van der Waals surface area (Å²) in [5.41, 5.74) is 3.65. The number of rotatable bonds is 5. The molecule has 0 saturated carbocycles. The first-order valence-electron chi connectivity index (χ1n) is 8.55. The normalized spacial score (nSPS) is 11.4. The van der Waals surface area contributed by atoms with Crippen molar-refractivity contribution in [3.05, 3.63) is 120 Å². The summed E-state index contributed by atoms with van der Waals surface area (Å²) >= 11 is 4.37. The van der Waals surface area contributed by atoms with Gasteiger partial charge in [0, 0.05) is 5.75 Å². The van der Waals surface area contributed by atoms with Gasteiger partial charge < -0.3 is 0 Å². The van der Waals surface area contributed by atoms with Crippen LogP contribution in [0.15, 0.2) is 97.2 Å². The fourth-order valence-corrected chi connectivity index (χ4v) is 3.61. The van der Waals surface area contributed by atoms with E-state index in [0.717, 1.165) is 22.4 Å². The van der Waals surface area contributed by atoms with Crippen LogP contribution >= 0.6 is 12.6 Å². The molecule has 1 aromatic heterocycles. The van der Waals surface area contributed by atoms with E-state index in [-0.39, 0.29) is 0 Å². The van der Waals surface area contributed by atoms with Crippen LogP contribution in [0, 0.1) is 0 Å². The third-order valence-corrected chi connectivity index (χ3v) is 4.95. The zero-order valence-corrected chi connectivity index (χ0v) is 15.1. The lowest BCUT2D eigenvalue weighted by Crippen LogP contribution is -2.38. The third kappa shape index (κ3) is 2.72. The molecule has 0 radical (unpaired) electrons. The first-order valence-corrected chi connectivity index (χ1v) is 9.18. The van der Waals surface area contributed by atoms with E-state index in [4.69, 9.17) is 0 Å². The highest BCUT2D eigenvalue weighted by molar-refractivity contribution is 7.79. The van der Waals surface area contributed by atoms with E-state index in [9.17, 15) is 0 Å². The largest absolute Gasteiger partial charge is 0.233 e. The fourth-order valence-electron chi connectivity index (χ4n) is 3.47. The summed E-state index contributed by atoms with van der Waals surface area (Å²) in [6.07, 6.45) is 1.99. The second kappa shape index (κ2) is 7.18. The minimum absolute atomic E-state index is 0.550. The van der Waals surface area contributed by atoms with Crippen LogP contribution in [0.2, 0.25) is 0 Å². The minimum atomic E-state index is -0.599. The van der Waals surface area contributed by atoms with Crippen LogP contribution in [0.4, 0.5) is 0 Å². The molecule has 0 saturated heterocycles. The molecule has 26 heavy (non-hydrogen) atoms. The van der Waals surface area contributed by atoms with Crippen molar-refractivity contribution >= 4 is 12.6 Å². The summed E-state index contributed by atoms with van der Waals surface area (Å²) in [6, 6.07) is 31.3. The molecule has 0 bridgehead atoms. The Balaban J connectivity index is 2.10. The van der Waals surface area contributed by atoms with E-state index in [1.807, 2.05) is 29.1 Å². The topological polar surface area (TPSA) is 30.7 Å². The fraction of sp³-hybridized carbons (Fsp3) is 0.0909. The van der Waals surface area contributed by atoms with E-state index < -0.39 is 5.54 Å². The van der Waals surface area contributed by atoms with E-state index in [0.29, 0.717) is 5.75 Å². The van der Waals surface area contributed by atoms with Gasteiger partial charge in [-0.1, -0.05) is 96.2 Å². The molecule has 0 unspecified atom stereocenters. The maximum absolute atomic E-state index is 4.51. The number of benzene rings is 3. The molecule has 0 fully saturated rings. The van der Waals surface area contributed by atoms with Crippen molar-refractivity contribution in [3.8, 4) is 0 Å². The van der Waals surface area contributed by atoms with Crippen LogP contribution in [-0.4, -0.2) is 15.0 Å². The number of aromatic nitrogens is 3. The van der Waals surface area contributed by atoms with Crippen molar-refractivity contribution in [2.75, 3.05) is 0 Å². The number of thiol groups is 1. The number of hydrogen-bond donors (Lipinski definition) is 1. The van der Waals surface area contributed by atoms with E-state index >= 15 is 0 Å². The van der Waals surface area contributed by atoms with Crippen LogP contribution in [0.3, 0.4) is 0 Å². The Hall–Kier alpha value is -2.85. The van der Waals surface area contributed by atoms with Gasteiger partial charge in [0.15, 0.2) is 0 Å². The highest BCUT2D eigenvalue weighted by Gasteiger charge is 2.39. The summed E-state index contributed by atoms with van der Waals surface area (Å²) in [4.78, 5) is 0. The Kier molecular flexibility index (Phi) is 4.59. The van der Waals surface area contributed by atoms with Crippen molar-refractivity contribution in [2.45, 2.75) is 11.3 Å². The Labute approximate surface area is 158 Å². The van der Waals surface area contributed by atoms with Gasteiger partial charge in [-0.2, -0.15) is 12.6 Å². The molecule has 0 atom stereocenters. The van der Waals surface area contributed by atoms with Crippen molar-refractivity contribution in [3.63, 3.8) is 0 Å². The molecule has 0 spiro atoms. The Morgan fingerprint density at radius 3 is 1.46 bits per heavy atom. The summed E-state index contributed by atoms with van der Waals surface area (Å²) < 4.78 is 1.96. The summed E-state index contributed by atoms with van der Waals surface area (Å²) in [6.45, 7) is 0. The molecule has 0 amide bonds. The summed E-state index contributed by atoms with van der Waals surface area (Å²) in [7, 11) is 0. The molecule has 0 N–H and O–H groups in total. The van der Waals surface area contributed by atoms with Crippen molar-refractivity contribution in [2.24, 2.45) is 0 Å². The first kappa shape index (κ1) is 16.6. The molecular formula is C22H19N3S. The van der Waals surface area contributed by atoms with Crippen molar-refractivity contribution in [1.82, 2.24) is 15.0 Å². The zero-order chi connectivity index (χ0) is 17.8. The standard InChI is InChI=1S/C22H19N3S/c26-17-21-16-25(24-23-21)22(18-10-4-1-5-11-18,19-12-6-2-7-13-19)20-14-8-3-9-15-20/h1-16,26H,17H2. The van der Waals surface area contributed by atoms with Crippen LogP contribution in [0.25, 0.3) is 0 Å². The predicted molar refractivity (Wildman–Crippen MR) is 107 cm³/mol. The van der Waals surface area contributed by atoms with Gasteiger partial charge in [-0.15, -0.1) is 5.10 Å². The lowest BCUT2D eigenvalue weighted by Gasteiger charge is -2.35. The maximum Gasteiger partial charge on any atom is 0.139 e. The quantitative estimate of drug-likeness (QED) is 0.420. The second-order valence-corrected chi connectivity index (χ2v) is 6.44. The lowest BCUT2D eigenvalue weighted by molar-refractivity contribution is 0.446. The molecule has 0 aliphatic carbocycles. The van der Waals surface area contributed by atoms with E-state index in [1.165, 1.54) is 0 Å². The van der Waals surface area contributed by atoms with Gasteiger partial charge in [0.2, 0.25) is 0 Å². The monoisotopic (exact) mass is 357 g/mol. The van der Waals surface area contributed by atoms with Gasteiger partial charge >= 0.3 is 0 Å². The van der Waals surface area contributed by atoms with E-state index in [1.54, 1.807) is 0 Å². The second-order valence-electron chi connectivity index (χ2n) is 6.12. The average Bonchev–Trinajstić information content (AvgIpc) is 3.21. The third-order valence-electron chi connectivity index (χ3n) is 4.62. The Bertz CT molecular complexity index is 869. The molecule has 0 aliphatic heterocycles. The molecule has 1 heterocycles. The maximum atomic E-state index is 4.51. The van der Waals surface area contributed by atoms with Crippen molar-refractivity contribution < 1.29 is 0 Å². The van der Waals surface area contributed by atoms with Crippen LogP contribution in [0.5, 0.6) is 0 Å². The SMILES string of the molecule is SCc1cn(C(c2ccccc2)(c2ccccc2)c2ccccc2)nn1. The predicted octanol–water partition coefficient (Wildman–Crippen LogP) is 4.55. The molecule has 3 nitrogen and oxygen atoms in total. The molecule has 4 heteroatoms. The molecular weight excluding hydrogens is 338 g/mol. The smallest absolute Gasteiger partial charge is 0.139 e. The highest BCUT2D eigenvalue weighted by Crippen LogP contribution is 2.40. The Morgan fingerprint density at radius 2 is 1.12 bits per heavy atom. The van der Waals surface area contributed by atoms with Gasteiger partial charge in [-0.3, -0.25) is 0 Å².